The van der Waals surface area contributed by atoms with Crippen LogP contribution in [0, 0.1) is 0 Å². The summed E-state index contributed by atoms with van der Waals surface area (Å²) in [5, 5.41) is 10.4. The van der Waals surface area contributed by atoms with Crippen molar-refractivity contribution in [1.82, 2.24) is 20.3 Å². The van der Waals surface area contributed by atoms with E-state index in [4.69, 9.17) is 0 Å². The maximum Gasteiger partial charge on any atom is 0.236 e. The van der Waals surface area contributed by atoms with Crippen LogP contribution in [0.15, 0.2) is 12.4 Å². The number of hydrogen-bond donors (Lipinski definition) is 1. The van der Waals surface area contributed by atoms with Crippen LogP contribution in [0.2, 0.25) is 0 Å². The van der Waals surface area contributed by atoms with Gasteiger partial charge < -0.3 is 5.32 Å². The van der Waals surface area contributed by atoms with Gasteiger partial charge in [0.05, 0.1) is 10.5 Å². The second kappa shape index (κ2) is 5.25. The maximum atomic E-state index is 11.4. The van der Waals surface area contributed by atoms with Crippen molar-refractivity contribution in [1.29, 1.82) is 0 Å². The van der Waals surface area contributed by atoms with Gasteiger partial charge in [0, 0.05) is 19.3 Å². The van der Waals surface area contributed by atoms with Gasteiger partial charge in [-0.25, -0.2) is 0 Å². The predicted octanol–water partition coefficient (Wildman–Crippen LogP) is 0.958. The lowest BCUT2D eigenvalue weighted by Crippen LogP contribution is -2.38. The number of hydrogen-bond acceptors (Lipinski definition) is 3. The predicted molar refractivity (Wildman–Crippen MR) is 60.7 cm³/mol. The fraction of sp³-hybridized carbons (Fsp3) is 0.667. The fourth-order valence-electron chi connectivity index (χ4n) is 1.01. The number of carbonyl (C=O) groups excluding carboxylic acids is 1. The smallest absolute Gasteiger partial charge is 0.236 e. The maximum absolute atomic E-state index is 11.4. The Morgan fingerprint density at radius 2 is 2.33 bits per heavy atom. The number of alkyl halides is 1. The van der Waals surface area contributed by atoms with E-state index in [-0.39, 0.29) is 5.91 Å². The molecule has 1 aromatic heterocycles. The van der Waals surface area contributed by atoms with E-state index >= 15 is 0 Å². The molecule has 0 fully saturated rings. The summed E-state index contributed by atoms with van der Waals surface area (Å²) in [6.45, 7) is 5.05. The topological polar surface area (TPSA) is 59.8 Å². The van der Waals surface area contributed by atoms with Crippen LogP contribution in [-0.2, 0) is 11.3 Å². The highest BCUT2D eigenvalue weighted by atomic mass is 79.9. The summed E-state index contributed by atoms with van der Waals surface area (Å²) in [6, 6.07) is 0. The number of rotatable bonds is 5. The highest BCUT2D eigenvalue weighted by Crippen LogP contribution is 2.14. The number of amides is 1. The first-order valence-corrected chi connectivity index (χ1v) is 5.61. The zero-order valence-corrected chi connectivity index (χ0v) is 10.5. The lowest BCUT2D eigenvalue weighted by Gasteiger charge is -2.15. The molecule has 6 heteroatoms. The Morgan fingerprint density at radius 1 is 1.60 bits per heavy atom. The van der Waals surface area contributed by atoms with E-state index in [0.717, 1.165) is 13.0 Å². The molecule has 1 aromatic rings. The molecule has 1 heterocycles. The van der Waals surface area contributed by atoms with E-state index in [1.165, 1.54) is 0 Å². The Bertz CT molecular complexity index is 304. The van der Waals surface area contributed by atoms with Crippen LogP contribution in [0.4, 0.5) is 0 Å². The van der Waals surface area contributed by atoms with Crippen LogP contribution in [0.3, 0.4) is 0 Å². The lowest BCUT2D eigenvalue weighted by atomic mass is 10.2. The molecular formula is C9H15BrN4O. The van der Waals surface area contributed by atoms with Crippen LogP contribution >= 0.6 is 15.9 Å². The number of nitrogens with zero attached hydrogens (tertiary/aromatic N) is 3. The van der Waals surface area contributed by atoms with Crippen LogP contribution in [0.5, 0.6) is 0 Å². The van der Waals surface area contributed by atoms with E-state index in [9.17, 15) is 4.79 Å². The summed E-state index contributed by atoms with van der Waals surface area (Å²) in [4.78, 5) is 11.4. The van der Waals surface area contributed by atoms with Gasteiger partial charge in [-0.2, -0.15) is 0 Å². The molecule has 0 saturated carbocycles. The molecule has 0 aromatic carbocycles. The highest BCUT2D eigenvalue weighted by Gasteiger charge is 2.22. The van der Waals surface area contributed by atoms with Crippen LogP contribution in [0.25, 0.3) is 0 Å². The first-order chi connectivity index (χ1) is 7.00. The van der Waals surface area contributed by atoms with Crippen LogP contribution < -0.4 is 5.32 Å². The number of halogens is 1. The van der Waals surface area contributed by atoms with Crippen LogP contribution in [0.1, 0.15) is 20.3 Å². The third-order valence-electron chi connectivity index (χ3n) is 1.86. The van der Waals surface area contributed by atoms with Crippen molar-refractivity contribution in [3.05, 3.63) is 12.4 Å². The largest absolute Gasteiger partial charge is 0.355 e. The van der Waals surface area contributed by atoms with Crippen molar-refractivity contribution in [2.75, 3.05) is 6.54 Å². The third-order valence-corrected chi connectivity index (χ3v) is 2.22. The molecule has 0 aliphatic heterocycles. The quantitative estimate of drug-likeness (QED) is 0.643. The third kappa shape index (κ3) is 4.42. The molecule has 1 N–H and O–H groups in total. The molecule has 0 atom stereocenters. The fourth-order valence-corrected chi connectivity index (χ4v) is 1.15. The molecular weight excluding hydrogens is 260 g/mol. The number of aromatic nitrogens is 3. The first kappa shape index (κ1) is 12.2. The Labute approximate surface area is 97.4 Å². The molecule has 0 aliphatic carbocycles. The molecule has 1 amide bonds. The molecule has 5 nitrogen and oxygen atoms in total. The van der Waals surface area contributed by atoms with Crippen molar-refractivity contribution >= 4 is 21.8 Å². The summed E-state index contributed by atoms with van der Waals surface area (Å²) in [7, 11) is 0. The van der Waals surface area contributed by atoms with E-state index in [1.807, 2.05) is 13.8 Å². The molecule has 0 unspecified atom stereocenters. The summed E-state index contributed by atoms with van der Waals surface area (Å²) in [6.07, 6.45) is 4.29. The van der Waals surface area contributed by atoms with E-state index in [2.05, 4.69) is 31.6 Å². The van der Waals surface area contributed by atoms with Crippen molar-refractivity contribution in [3.8, 4) is 0 Å². The molecule has 0 saturated heterocycles. The van der Waals surface area contributed by atoms with Crippen LogP contribution in [-0.4, -0.2) is 31.8 Å². The number of nitrogens with one attached hydrogen (secondary N) is 1. The second-order valence-corrected chi connectivity index (χ2v) is 5.73. The highest BCUT2D eigenvalue weighted by molar-refractivity contribution is 9.10. The summed E-state index contributed by atoms with van der Waals surface area (Å²) in [5.74, 6) is 0.00101. The number of aryl methyl sites for hydroxylation is 1. The van der Waals surface area contributed by atoms with Crippen molar-refractivity contribution in [2.45, 2.75) is 31.1 Å². The molecule has 0 radical (unpaired) electrons. The van der Waals surface area contributed by atoms with Gasteiger partial charge in [-0.1, -0.05) is 21.1 Å². The molecule has 0 aliphatic rings. The van der Waals surface area contributed by atoms with Crippen molar-refractivity contribution in [2.24, 2.45) is 0 Å². The van der Waals surface area contributed by atoms with Gasteiger partial charge in [-0.05, 0) is 20.3 Å². The van der Waals surface area contributed by atoms with Crippen molar-refractivity contribution < 1.29 is 4.79 Å². The molecule has 84 valence electrons. The minimum Gasteiger partial charge on any atom is -0.355 e. The normalized spacial score (nSPS) is 11.4. The average molecular weight is 275 g/mol. The monoisotopic (exact) mass is 274 g/mol. The zero-order chi connectivity index (χ0) is 11.3. The van der Waals surface area contributed by atoms with Gasteiger partial charge >= 0.3 is 0 Å². The Kier molecular flexibility index (Phi) is 4.26. The van der Waals surface area contributed by atoms with Gasteiger partial charge in [0.1, 0.15) is 0 Å². The van der Waals surface area contributed by atoms with Gasteiger partial charge in [-0.3, -0.25) is 9.48 Å². The lowest BCUT2D eigenvalue weighted by molar-refractivity contribution is -0.122. The summed E-state index contributed by atoms with van der Waals surface area (Å²) >= 11 is 3.30. The zero-order valence-electron chi connectivity index (χ0n) is 8.90. The molecule has 0 spiro atoms. The standard InChI is InChI=1S/C9H15BrN4O/c1-9(2,10)8(15)11-4-3-6-14-7-5-12-13-14/h5,7H,3-4,6H2,1-2H3,(H,11,15). The minimum absolute atomic E-state index is 0.00101. The second-order valence-electron chi connectivity index (χ2n) is 3.75. The first-order valence-electron chi connectivity index (χ1n) is 4.81. The number of carbonyl (C=O) groups is 1. The average Bonchev–Trinajstić information content (AvgIpc) is 2.63. The van der Waals surface area contributed by atoms with E-state index in [1.54, 1.807) is 17.1 Å². The van der Waals surface area contributed by atoms with Gasteiger partial charge in [0.15, 0.2) is 0 Å². The van der Waals surface area contributed by atoms with Gasteiger partial charge in [-0.15, -0.1) is 5.10 Å². The molecule has 1 rings (SSSR count). The minimum atomic E-state index is -0.500. The van der Waals surface area contributed by atoms with Crippen molar-refractivity contribution in [3.63, 3.8) is 0 Å². The Morgan fingerprint density at radius 3 is 2.87 bits per heavy atom. The van der Waals surface area contributed by atoms with Gasteiger partial charge in [0.25, 0.3) is 0 Å². The van der Waals surface area contributed by atoms with Gasteiger partial charge in [0.2, 0.25) is 5.91 Å². The molecule has 0 bridgehead atoms. The summed E-state index contributed by atoms with van der Waals surface area (Å²) < 4.78 is 1.24. The SMILES string of the molecule is CC(C)(Br)C(=O)NCCCn1ccnn1. The Balaban J connectivity index is 2.15. The molecule has 15 heavy (non-hydrogen) atoms. The Hall–Kier alpha value is -0.910. The summed E-state index contributed by atoms with van der Waals surface area (Å²) in [5.41, 5.74) is 0. The van der Waals surface area contributed by atoms with E-state index in [0.29, 0.717) is 6.54 Å². The van der Waals surface area contributed by atoms with E-state index < -0.39 is 4.32 Å².